The van der Waals surface area contributed by atoms with Crippen LogP contribution in [-0.4, -0.2) is 29.5 Å². The number of rotatable bonds is 8. The summed E-state index contributed by atoms with van der Waals surface area (Å²) in [5.41, 5.74) is -0.108. The molecule has 34 heavy (non-hydrogen) atoms. The lowest BCUT2D eigenvalue weighted by atomic mass is 10.1. The molecule has 0 saturated carbocycles. The van der Waals surface area contributed by atoms with Crippen LogP contribution in [0, 0.1) is 10.1 Å². The maximum Gasteiger partial charge on any atom is 0.416 e. The van der Waals surface area contributed by atoms with Crippen LogP contribution in [0.4, 0.5) is 23.7 Å². The van der Waals surface area contributed by atoms with Crippen LogP contribution in [0.15, 0.2) is 78.9 Å². The maximum atomic E-state index is 12.8. The average Bonchev–Trinajstić information content (AvgIpc) is 2.82. The van der Waals surface area contributed by atoms with Crippen LogP contribution in [-0.2, 0) is 6.18 Å². The number of hydrogen-bond donors (Lipinski definition) is 0. The summed E-state index contributed by atoms with van der Waals surface area (Å²) in [4.78, 5) is 23.9. The van der Waals surface area contributed by atoms with Crippen LogP contribution in [0.25, 0.3) is 0 Å². The van der Waals surface area contributed by atoms with E-state index in [1.165, 1.54) is 48.3 Å². The molecule has 3 aromatic carbocycles. The highest BCUT2D eigenvalue weighted by atomic mass is 19.4. The molecular formula is C24H21F3N2O5. The number of amides is 1. The molecule has 0 bridgehead atoms. The van der Waals surface area contributed by atoms with Crippen molar-refractivity contribution in [3.8, 4) is 11.5 Å². The summed E-state index contributed by atoms with van der Waals surface area (Å²) in [6.45, 7) is 0.214. The maximum absolute atomic E-state index is 12.8. The third-order valence-corrected chi connectivity index (χ3v) is 4.92. The molecule has 0 radical (unpaired) electrons. The first kappa shape index (κ1) is 24.6. The number of carbonyl (C=O) groups excluding carboxylic acids is 1. The van der Waals surface area contributed by atoms with Crippen molar-refractivity contribution < 1.29 is 32.4 Å². The van der Waals surface area contributed by atoms with Gasteiger partial charge >= 0.3 is 12.3 Å². The predicted octanol–water partition coefficient (Wildman–Crippen LogP) is 6.25. The van der Waals surface area contributed by atoms with Gasteiger partial charge in [0.2, 0.25) is 0 Å². The number of carbonyl (C=O) groups is 1. The lowest BCUT2D eigenvalue weighted by Gasteiger charge is -2.23. The van der Waals surface area contributed by atoms with E-state index in [-0.39, 0.29) is 23.7 Å². The molecule has 0 spiro atoms. The first-order chi connectivity index (χ1) is 16.1. The number of benzene rings is 3. The van der Waals surface area contributed by atoms with Crippen molar-refractivity contribution in [2.24, 2.45) is 0 Å². The molecule has 0 heterocycles. The lowest BCUT2D eigenvalue weighted by Crippen LogP contribution is -2.31. The third kappa shape index (κ3) is 6.71. The van der Waals surface area contributed by atoms with Gasteiger partial charge in [0.05, 0.1) is 10.5 Å². The van der Waals surface area contributed by atoms with Crippen molar-refractivity contribution in [3.63, 3.8) is 0 Å². The summed E-state index contributed by atoms with van der Waals surface area (Å²) < 4.78 is 49.6. The van der Waals surface area contributed by atoms with Gasteiger partial charge in [0.1, 0.15) is 17.6 Å². The minimum absolute atomic E-state index is 0.126. The Hall–Kier alpha value is -4.08. The van der Waals surface area contributed by atoms with Crippen molar-refractivity contribution in [1.29, 1.82) is 0 Å². The fourth-order valence-corrected chi connectivity index (χ4v) is 3.06. The second kappa shape index (κ2) is 10.7. The van der Waals surface area contributed by atoms with Crippen molar-refractivity contribution in [1.82, 2.24) is 4.90 Å². The number of nitro benzene ring substituents is 1. The van der Waals surface area contributed by atoms with Crippen molar-refractivity contribution >= 4 is 11.8 Å². The van der Waals surface area contributed by atoms with E-state index in [9.17, 15) is 28.1 Å². The number of halogens is 3. The van der Waals surface area contributed by atoms with Gasteiger partial charge in [-0.3, -0.25) is 10.1 Å². The average molecular weight is 474 g/mol. The van der Waals surface area contributed by atoms with E-state index in [0.717, 1.165) is 17.7 Å². The zero-order chi connectivity index (χ0) is 24.7. The Bertz CT molecular complexity index is 1100. The minimum atomic E-state index is -4.44. The molecule has 1 atom stereocenters. The Balaban J connectivity index is 1.64. The molecule has 0 saturated heterocycles. The van der Waals surface area contributed by atoms with Crippen molar-refractivity contribution in [2.75, 3.05) is 13.6 Å². The van der Waals surface area contributed by atoms with E-state index in [1.54, 1.807) is 0 Å². The molecule has 3 aromatic rings. The molecule has 3 rings (SSSR count). The number of nitro groups is 1. The number of alkyl halides is 3. The quantitative estimate of drug-likeness (QED) is 0.285. The number of nitrogens with zero attached hydrogens (tertiary/aromatic N) is 2. The molecule has 1 amide bonds. The van der Waals surface area contributed by atoms with Crippen LogP contribution in [0.5, 0.6) is 11.5 Å². The molecule has 178 valence electrons. The molecule has 1 unspecified atom stereocenters. The largest absolute Gasteiger partial charge is 0.486 e. The van der Waals surface area contributed by atoms with Crippen molar-refractivity contribution in [2.45, 2.75) is 18.7 Å². The molecule has 0 N–H and O–H groups in total. The number of hydrogen-bond acceptors (Lipinski definition) is 5. The monoisotopic (exact) mass is 474 g/mol. The molecule has 0 fully saturated rings. The van der Waals surface area contributed by atoms with Crippen LogP contribution in [0.2, 0.25) is 0 Å². The van der Waals surface area contributed by atoms with Gasteiger partial charge in [0, 0.05) is 32.1 Å². The smallest absolute Gasteiger partial charge is 0.416 e. The van der Waals surface area contributed by atoms with Gasteiger partial charge in [0.25, 0.3) is 5.69 Å². The Morgan fingerprint density at radius 1 is 0.971 bits per heavy atom. The highest BCUT2D eigenvalue weighted by Crippen LogP contribution is 2.32. The third-order valence-electron chi connectivity index (χ3n) is 4.92. The SMILES string of the molecule is CN(CCC(Oc1ccc(C(F)(F)F)cc1)c1ccccc1)C(=O)Oc1ccc([N+](=O)[O-])cc1. The van der Waals surface area contributed by atoms with Gasteiger partial charge in [-0.25, -0.2) is 4.79 Å². The molecular weight excluding hydrogens is 453 g/mol. The molecule has 0 aliphatic heterocycles. The van der Waals surface area contributed by atoms with E-state index in [0.29, 0.717) is 6.42 Å². The van der Waals surface area contributed by atoms with E-state index in [4.69, 9.17) is 9.47 Å². The topological polar surface area (TPSA) is 81.9 Å². The van der Waals surface area contributed by atoms with Crippen molar-refractivity contribution in [3.05, 3.63) is 100 Å². The second-order valence-electron chi connectivity index (χ2n) is 7.37. The van der Waals surface area contributed by atoms with Crippen LogP contribution >= 0.6 is 0 Å². The Labute approximate surface area is 193 Å². The number of non-ortho nitro benzene ring substituents is 1. The summed E-state index contributed by atoms with van der Waals surface area (Å²) in [7, 11) is 1.52. The highest BCUT2D eigenvalue weighted by Gasteiger charge is 2.30. The van der Waals surface area contributed by atoms with Crippen LogP contribution < -0.4 is 9.47 Å². The van der Waals surface area contributed by atoms with E-state index < -0.39 is 28.9 Å². The fraction of sp³-hybridized carbons (Fsp3) is 0.208. The van der Waals surface area contributed by atoms with Gasteiger partial charge in [-0.1, -0.05) is 30.3 Å². The molecule has 7 nitrogen and oxygen atoms in total. The van der Waals surface area contributed by atoms with Gasteiger partial charge in [-0.15, -0.1) is 0 Å². The molecule has 0 aliphatic carbocycles. The minimum Gasteiger partial charge on any atom is -0.486 e. The molecule has 0 aliphatic rings. The summed E-state index contributed by atoms with van der Waals surface area (Å²) in [6, 6.07) is 18.6. The zero-order valence-corrected chi connectivity index (χ0v) is 18.1. The Morgan fingerprint density at radius 3 is 2.12 bits per heavy atom. The van der Waals surface area contributed by atoms with Crippen LogP contribution in [0.3, 0.4) is 0 Å². The van der Waals surface area contributed by atoms with E-state index >= 15 is 0 Å². The number of ether oxygens (including phenoxy) is 2. The second-order valence-corrected chi connectivity index (χ2v) is 7.37. The van der Waals surface area contributed by atoms with Crippen LogP contribution in [0.1, 0.15) is 23.7 Å². The summed E-state index contributed by atoms with van der Waals surface area (Å²) in [6.07, 6.45) is -5.32. The zero-order valence-electron chi connectivity index (χ0n) is 18.1. The standard InChI is InChI=1S/C24H21F3N2O5/c1-28(23(30)34-21-13-9-19(10-14-21)29(31)32)16-15-22(17-5-3-2-4-6-17)33-20-11-7-18(8-12-20)24(25,26)27/h2-14,22H,15-16H2,1H3. The molecule has 10 heteroatoms. The first-order valence-corrected chi connectivity index (χ1v) is 10.2. The summed E-state index contributed by atoms with van der Waals surface area (Å²) in [5, 5.41) is 10.7. The van der Waals surface area contributed by atoms with E-state index in [2.05, 4.69) is 0 Å². The van der Waals surface area contributed by atoms with Gasteiger partial charge in [0.15, 0.2) is 0 Å². The Morgan fingerprint density at radius 2 is 1.56 bits per heavy atom. The first-order valence-electron chi connectivity index (χ1n) is 10.2. The highest BCUT2D eigenvalue weighted by molar-refractivity contribution is 5.70. The fourth-order valence-electron chi connectivity index (χ4n) is 3.06. The molecule has 0 aromatic heterocycles. The lowest BCUT2D eigenvalue weighted by molar-refractivity contribution is -0.384. The van der Waals surface area contributed by atoms with Gasteiger partial charge < -0.3 is 14.4 Å². The summed E-state index contributed by atoms with van der Waals surface area (Å²) in [5.74, 6) is 0.418. The Kier molecular flexibility index (Phi) is 7.72. The summed E-state index contributed by atoms with van der Waals surface area (Å²) >= 11 is 0. The normalized spacial score (nSPS) is 12.0. The van der Waals surface area contributed by atoms with E-state index in [1.807, 2.05) is 30.3 Å². The predicted molar refractivity (Wildman–Crippen MR) is 118 cm³/mol. The van der Waals surface area contributed by atoms with Gasteiger partial charge in [-0.2, -0.15) is 13.2 Å². The van der Waals surface area contributed by atoms with Gasteiger partial charge in [-0.05, 0) is 42.0 Å².